The Morgan fingerprint density at radius 1 is 1.09 bits per heavy atom. The summed E-state index contributed by atoms with van der Waals surface area (Å²) in [6.45, 7) is 1.85. The van der Waals surface area contributed by atoms with E-state index in [2.05, 4.69) is 30.4 Å². The van der Waals surface area contributed by atoms with Crippen LogP contribution < -0.4 is 15.9 Å². The van der Waals surface area contributed by atoms with Gasteiger partial charge in [0.25, 0.3) is 0 Å². The molecule has 0 atom stereocenters. The summed E-state index contributed by atoms with van der Waals surface area (Å²) in [4.78, 5) is 31.6. The van der Waals surface area contributed by atoms with Crippen LogP contribution in [0.2, 0.25) is 5.02 Å². The van der Waals surface area contributed by atoms with E-state index in [9.17, 15) is 9.59 Å². The molecule has 5 rings (SSSR count). The third kappa shape index (κ3) is 4.23. The molecule has 164 valence electrons. The lowest BCUT2D eigenvalue weighted by Gasteiger charge is -2.18. The van der Waals surface area contributed by atoms with Gasteiger partial charge >= 0.3 is 5.69 Å². The van der Waals surface area contributed by atoms with Gasteiger partial charge in [-0.3, -0.25) is 9.36 Å². The standard InChI is InChI=1S/C21H20ClN7O2S/c22-13-4-3-5-15(10-13)29-20(28-8-1-2-9-28)26-27-21(29)32-12-18(30)23-14-6-7-16-17(11-14)25-19(31)24-16/h3-7,10-11H,1-2,8-9,12H2,(H,23,30)(H2,24,25,31). The topological polar surface area (TPSA) is 112 Å². The van der Waals surface area contributed by atoms with Crippen LogP contribution in [0.25, 0.3) is 16.7 Å². The van der Waals surface area contributed by atoms with Gasteiger partial charge < -0.3 is 20.2 Å². The van der Waals surface area contributed by atoms with Crippen molar-refractivity contribution >= 4 is 51.9 Å². The lowest BCUT2D eigenvalue weighted by molar-refractivity contribution is -0.113. The maximum absolute atomic E-state index is 12.6. The minimum Gasteiger partial charge on any atom is -0.341 e. The van der Waals surface area contributed by atoms with E-state index in [0.717, 1.165) is 37.6 Å². The molecule has 0 radical (unpaired) electrons. The fourth-order valence-electron chi connectivity index (χ4n) is 3.76. The average Bonchev–Trinajstić information content (AvgIpc) is 3.50. The number of anilines is 2. The molecule has 0 aliphatic carbocycles. The molecule has 3 heterocycles. The number of imidazole rings is 1. The first-order valence-electron chi connectivity index (χ1n) is 10.2. The summed E-state index contributed by atoms with van der Waals surface area (Å²) in [5, 5.41) is 12.9. The molecule has 0 unspecified atom stereocenters. The predicted octanol–water partition coefficient (Wildman–Crippen LogP) is 3.42. The van der Waals surface area contributed by atoms with E-state index >= 15 is 0 Å². The smallest absolute Gasteiger partial charge is 0.323 e. The highest BCUT2D eigenvalue weighted by atomic mass is 35.5. The quantitative estimate of drug-likeness (QED) is 0.373. The Hall–Kier alpha value is -3.24. The van der Waals surface area contributed by atoms with Crippen molar-refractivity contribution < 1.29 is 4.79 Å². The lowest BCUT2D eigenvalue weighted by atomic mass is 10.3. The molecule has 2 aromatic heterocycles. The second-order valence-corrected chi connectivity index (χ2v) is 8.85. The zero-order valence-corrected chi connectivity index (χ0v) is 18.5. The lowest BCUT2D eigenvalue weighted by Crippen LogP contribution is -2.22. The summed E-state index contributed by atoms with van der Waals surface area (Å²) >= 11 is 7.53. The van der Waals surface area contributed by atoms with Crippen LogP contribution in [0.4, 0.5) is 11.6 Å². The average molecular weight is 470 g/mol. The number of rotatable bonds is 6. The summed E-state index contributed by atoms with van der Waals surface area (Å²) in [5.74, 6) is 0.727. The Morgan fingerprint density at radius 2 is 1.91 bits per heavy atom. The van der Waals surface area contributed by atoms with Gasteiger partial charge in [-0.15, -0.1) is 10.2 Å². The van der Waals surface area contributed by atoms with Crippen LogP contribution in [0.5, 0.6) is 0 Å². The van der Waals surface area contributed by atoms with E-state index in [1.54, 1.807) is 18.2 Å². The number of amides is 1. The number of carbonyl (C=O) groups is 1. The Balaban J connectivity index is 1.35. The van der Waals surface area contributed by atoms with Gasteiger partial charge in [-0.05, 0) is 49.2 Å². The van der Waals surface area contributed by atoms with Crippen molar-refractivity contribution in [2.75, 3.05) is 29.1 Å². The number of nitrogens with one attached hydrogen (secondary N) is 3. The van der Waals surface area contributed by atoms with Gasteiger partial charge in [-0.25, -0.2) is 4.79 Å². The second kappa shape index (κ2) is 8.71. The largest absolute Gasteiger partial charge is 0.341 e. The highest BCUT2D eigenvalue weighted by Gasteiger charge is 2.23. The molecule has 2 aromatic carbocycles. The maximum Gasteiger partial charge on any atom is 0.323 e. The van der Waals surface area contributed by atoms with E-state index in [4.69, 9.17) is 11.6 Å². The number of hydrogen-bond acceptors (Lipinski definition) is 6. The molecule has 1 fully saturated rings. The molecule has 32 heavy (non-hydrogen) atoms. The SMILES string of the molecule is O=C(CSc1nnc(N2CCCC2)n1-c1cccc(Cl)c1)Nc1ccc2[nH]c(=O)[nH]c2c1. The summed E-state index contributed by atoms with van der Waals surface area (Å²) in [6, 6.07) is 12.7. The minimum absolute atomic E-state index is 0.153. The first-order valence-corrected chi connectivity index (χ1v) is 11.5. The summed E-state index contributed by atoms with van der Waals surface area (Å²) < 4.78 is 1.95. The highest BCUT2D eigenvalue weighted by molar-refractivity contribution is 7.99. The molecule has 11 heteroatoms. The van der Waals surface area contributed by atoms with Gasteiger partial charge in [0, 0.05) is 23.8 Å². The summed E-state index contributed by atoms with van der Waals surface area (Å²) in [5.41, 5.74) is 2.50. The van der Waals surface area contributed by atoms with Crippen LogP contribution >= 0.6 is 23.4 Å². The molecular formula is C21H20ClN7O2S. The van der Waals surface area contributed by atoms with Gasteiger partial charge in [0.15, 0.2) is 5.16 Å². The molecule has 0 bridgehead atoms. The van der Waals surface area contributed by atoms with E-state index in [-0.39, 0.29) is 17.3 Å². The van der Waals surface area contributed by atoms with E-state index in [0.29, 0.717) is 26.9 Å². The van der Waals surface area contributed by atoms with Crippen LogP contribution in [0.1, 0.15) is 12.8 Å². The number of nitrogens with zero attached hydrogens (tertiary/aromatic N) is 4. The molecule has 1 aliphatic rings. The number of carbonyl (C=O) groups excluding carboxylic acids is 1. The molecule has 1 amide bonds. The van der Waals surface area contributed by atoms with Crippen molar-refractivity contribution in [3.8, 4) is 5.69 Å². The van der Waals surface area contributed by atoms with Crippen molar-refractivity contribution in [3.63, 3.8) is 0 Å². The molecule has 9 nitrogen and oxygen atoms in total. The third-order valence-electron chi connectivity index (χ3n) is 5.20. The minimum atomic E-state index is -0.284. The number of benzene rings is 2. The van der Waals surface area contributed by atoms with Crippen molar-refractivity contribution in [1.82, 2.24) is 24.7 Å². The van der Waals surface area contributed by atoms with Crippen molar-refractivity contribution in [2.45, 2.75) is 18.0 Å². The third-order valence-corrected chi connectivity index (χ3v) is 6.37. The number of H-pyrrole nitrogens is 2. The van der Waals surface area contributed by atoms with Crippen molar-refractivity contribution in [3.05, 3.63) is 58.0 Å². The summed E-state index contributed by atoms with van der Waals surface area (Å²) in [6.07, 6.45) is 2.23. The van der Waals surface area contributed by atoms with Gasteiger partial charge in [-0.2, -0.15) is 0 Å². The Labute approximate surface area is 192 Å². The first kappa shape index (κ1) is 20.7. The predicted molar refractivity (Wildman–Crippen MR) is 126 cm³/mol. The zero-order valence-electron chi connectivity index (χ0n) is 17.0. The van der Waals surface area contributed by atoms with Crippen molar-refractivity contribution in [2.24, 2.45) is 0 Å². The fourth-order valence-corrected chi connectivity index (χ4v) is 4.69. The zero-order chi connectivity index (χ0) is 22.1. The van der Waals surface area contributed by atoms with Crippen LogP contribution in [0.3, 0.4) is 0 Å². The van der Waals surface area contributed by atoms with Gasteiger partial charge in [-0.1, -0.05) is 29.4 Å². The number of aromatic amines is 2. The maximum atomic E-state index is 12.6. The van der Waals surface area contributed by atoms with Gasteiger partial charge in [0.05, 0.1) is 22.5 Å². The molecule has 1 saturated heterocycles. The molecular weight excluding hydrogens is 450 g/mol. The van der Waals surface area contributed by atoms with Crippen LogP contribution in [0.15, 0.2) is 52.4 Å². The van der Waals surface area contributed by atoms with E-state index < -0.39 is 0 Å². The monoisotopic (exact) mass is 469 g/mol. The number of hydrogen-bond donors (Lipinski definition) is 3. The van der Waals surface area contributed by atoms with Gasteiger partial charge in [0.1, 0.15) is 0 Å². The molecule has 0 spiro atoms. The van der Waals surface area contributed by atoms with Crippen LogP contribution in [-0.2, 0) is 4.79 Å². The molecule has 3 N–H and O–H groups in total. The number of aromatic nitrogens is 5. The highest BCUT2D eigenvalue weighted by Crippen LogP contribution is 2.29. The molecule has 4 aromatic rings. The van der Waals surface area contributed by atoms with Crippen LogP contribution in [-0.4, -0.2) is 49.5 Å². The van der Waals surface area contributed by atoms with Gasteiger partial charge in [0.2, 0.25) is 11.9 Å². The van der Waals surface area contributed by atoms with E-state index in [1.165, 1.54) is 11.8 Å². The second-order valence-electron chi connectivity index (χ2n) is 7.47. The number of thioether (sulfide) groups is 1. The first-order chi connectivity index (χ1) is 15.6. The Bertz CT molecular complexity index is 1340. The Morgan fingerprint density at radius 3 is 2.72 bits per heavy atom. The summed E-state index contributed by atoms with van der Waals surface area (Å²) in [7, 11) is 0. The normalized spacial score (nSPS) is 13.7. The van der Waals surface area contributed by atoms with Crippen LogP contribution in [0, 0.1) is 0 Å². The Kier molecular flexibility index (Phi) is 5.62. The fraction of sp³-hybridized carbons (Fsp3) is 0.238. The molecule has 0 saturated carbocycles. The number of fused-ring (bicyclic) bond motifs is 1. The van der Waals surface area contributed by atoms with Crippen molar-refractivity contribution in [1.29, 1.82) is 0 Å². The van der Waals surface area contributed by atoms with E-state index in [1.807, 2.05) is 28.8 Å². The molecule has 1 aliphatic heterocycles. The number of halogens is 1.